The van der Waals surface area contributed by atoms with Gasteiger partial charge in [-0.3, -0.25) is 4.79 Å². The Hall–Kier alpha value is -0.880. The van der Waals surface area contributed by atoms with Crippen LogP contribution >= 0.6 is 24.8 Å². The molecule has 0 radical (unpaired) electrons. The zero-order chi connectivity index (χ0) is 14.6. The van der Waals surface area contributed by atoms with E-state index in [4.69, 9.17) is 5.73 Å². The van der Waals surface area contributed by atoms with Crippen molar-refractivity contribution in [3.63, 3.8) is 0 Å². The van der Waals surface area contributed by atoms with Crippen molar-refractivity contribution in [1.29, 1.82) is 0 Å². The number of hydrogen-bond donors (Lipinski definition) is 2. The second-order valence-electron chi connectivity index (χ2n) is 5.57. The number of carbonyl (C=O) groups is 1. The minimum atomic E-state index is -0.910. The largest absolute Gasteiger partial charge is 0.350 e. The lowest BCUT2D eigenvalue weighted by Crippen LogP contribution is -2.48. The molecule has 1 aromatic rings. The summed E-state index contributed by atoms with van der Waals surface area (Å²) in [6, 6.07) is 4.85. The summed E-state index contributed by atoms with van der Waals surface area (Å²) in [6.45, 7) is 4.16. The van der Waals surface area contributed by atoms with Gasteiger partial charge in [0.25, 0.3) is 0 Å². The van der Waals surface area contributed by atoms with Crippen molar-refractivity contribution >= 4 is 30.7 Å². The fraction of sp³-hybridized carbons (Fsp3) is 0.500. The summed E-state index contributed by atoms with van der Waals surface area (Å²) >= 11 is 0. The second kappa shape index (κ2) is 9.20. The molecule has 0 heterocycles. The highest BCUT2D eigenvalue weighted by molar-refractivity contribution is 5.85. The standard InChI is InChI=1S/C14H22FN3O.2ClH/c1-14(2,16)13(19)17-8-10-5-6-12(15)11(7-10)9-18(3)4;;/h5-7H,8-9,16H2,1-4H3,(H,17,19);2*1H. The number of nitrogens with zero attached hydrogens (tertiary/aromatic N) is 1. The number of carbonyl (C=O) groups excluding carboxylic acids is 1. The molecule has 0 aliphatic carbocycles. The average molecular weight is 340 g/mol. The van der Waals surface area contributed by atoms with Crippen molar-refractivity contribution in [2.45, 2.75) is 32.5 Å². The number of amides is 1. The predicted molar refractivity (Wildman–Crippen MR) is 88.4 cm³/mol. The molecule has 0 aromatic heterocycles. The van der Waals surface area contributed by atoms with Crippen LogP contribution in [-0.2, 0) is 17.9 Å². The van der Waals surface area contributed by atoms with Gasteiger partial charge in [-0.15, -0.1) is 24.8 Å². The minimum absolute atomic E-state index is 0. The monoisotopic (exact) mass is 339 g/mol. The molecular weight excluding hydrogens is 316 g/mol. The number of halogens is 3. The van der Waals surface area contributed by atoms with E-state index in [2.05, 4.69) is 5.32 Å². The van der Waals surface area contributed by atoms with Gasteiger partial charge >= 0.3 is 0 Å². The second-order valence-corrected chi connectivity index (χ2v) is 5.57. The molecule has 1 rings (SSSR count). The molecule has 0 aliphatic heterocycles. The van der Waals surface area contributed by atoms with E-state index in [1.165, 1.54) is 6.07 Å². The van der Waals surface area contributed by atoms with Crippen LogP contribution in [0.5, 0.6) is 0 Å². The molecule has 1 aromatic carbocycles. The van der Waals surface area contributed by atoms with Crippen molar-refractivity contribution in [3.05, 3.63) is 35.1 Å². The zero-order valence-corrected chi connectivity index (χ0v) is 14.4. The van der Waals surface area contributed by atoms with Gasteiger partial charge in [0.05, 0.1) is 5.54 Å². The molecule has 7 heteroatoms. The number of hydrogen-bond acceptors (Lipinski definition) is 3. The van der Waals surface area contributed by atoms with E-state index in [9.17, 15) is 9.18 Å². The normalized spacial score (nSPS) is 10.6. The highest BCUT2D eigenvalue weighted by Crippen LogP contribution is 2.12. The third-order valence-corrected chi connectivity index (χ3v) is 2.63. The van der Waals surface area contributed by atoms with E-state index in [-0.39, 0.29) is 36.5 Å². The van der Waals surface area contributed by atoms with Gasteiger partial charge in [-0.05, 0) is 45.6 Å². The molecule has 0 unspecified atom stereocenters. The van der Waals surface area contributed by atoms with Gasteiger partial charge in [-0.25, -0.2) is 4.39 Å². The molecular formula is C14H24Cl2FN3O. The molecule has 0 saturated carbocycles. The van der Waals surface area contributed by atoms with Crippen LogP contribution in [0.4, 0.5) is 4.39 Å². The lowest BCUT2D eigenvalue weighted by Gasteiger charge is -2.18. The molecule has 0 atom stereocenters. The van der Waals surface area contributed by atoms with Crippen molar-refractivity contribution in [1.82, 2.24) is 10.2 Å². The van der Waals surface area contributed by atoms with E-state index < -0.39 is 5.54 Å². The van der Waals surface area contributed by atoms with Crippen LogP contribution in [0.1, 0.15) is 25.0 Å². The fourth-order valence-corrected chi connectivity index (χ4v) is 1.61. The van der Waals surface area contributed by atoms with E-state index in [1.807, 2.05) is 19.0 Å². The zero-order valence-electron chi connectivity index (χ0n) is 12.8. The van der Waals surface area contributed by atoms with E-state index in [0.29, 0.717) is 18.7 Å². The Morgan fingerprint density at radius 1 is 1.33 bits per heavy atom. The summed E-state index contributed by atoms with van der Waals surface area (Å²) in [5, 5.41) is 2.74. The molecule has 21 heavy (non-hydrogen) atoms. The lowest BCUT2D eigenvalue weighted by atomic mass is 10.1. The molecule has 1 amide bonds. The molecule has 3 N–H and O–H groups in total. The minimum Gasteiger partial charge on any atom is -0.350 e. The molecule has 0 fully saturated rings. The van der Waals surface area contributed by atoms with Crippen LogP contribution in [0.2, 0.25) is 0 Å². The number of nitrogens with two attached hydrogens (primary N) is 1. The van der Waals surface area contributed by atoms with Crippen molar-refractivity contribution in [2.24, 2.45) is 5.73 Å². The fourth-order valence-electron chi connectivity index (χ4n) is 1.61. The molecule has 0 saturated heterocycles. The van der Waals surface area contributed by atoms with Crippen molar-refractivity contribution in [2.75, 3.05) is 14.1 Å². The first-order valence-corrected chi connectivity index (χ1v) is 6.19. The quantitative estimate of drug-likeness (QED) is 0.863. The van der Waals surface area contributed by atoms with Crippen LogP contribution in [0.25, 0.3) is 0 Å². The van der Waals surface area contributed by atoms with Gasteiger partial charge < -0.3 is 16.0 Å². The predicted octanol–water partition coefficient (Wildman–Crippen LogP) is 2.08. The molecule has 122 valence electrons. The Labute approximate surface area is 138 Å². The number of nitrogens with one attached hydrogen (secondary N) is 1. The Kier molecular flexibility index (Phi) is 9.82. The molecule has 0 bridgehead atoms. The van der Waals surface area contributed by atoms with Gasteiger partial charge in [0, 0.05) is 18.7 Å². The smallest absolute Gasteiger partial charge is 0.239 e. The van der Waals surface area contributed by atoms with Crippen LogP contribution < -0.4 is 11.1 Å². The molecule has 0 spiro atoms. The van der Waals surface area contributed by atoms with Crippen LogP contribution in [0.3, 0.4) is 0 Å². The van der Waals surface area contributed by atoms with Crippen LogP contribution in [0.15, 0.2) is 18.2 Å². The third kappa shape index (κ3) is 7.62. The van der Waals surface area contributed by atoms with Crippen molar-refractivity contribution in [3.8, 4) is 0 Å². The first kappa shape index (κ1) is 22.4. The average Bonchev–Trinajstić information content (AvgIpc) is 2.27. The van der Waals surface area contributed by atoms with Crippen LogP contribution in [-0.4, -0.2) is 30.4 Å². The van der Waals surface area contributed by atoms with Gasteiger partial charge in [0.1, 0.15) is 5.82 Å². The van der Waals surface area contributed by atoms with Gasteiger partial charge in [0.15, 0.2) is 0 Å². The molecule has 0 aliphatic rings. The summed E-state index contributed by atoms with van der Waals surface area (Å²) in [7, 11) is 3.76. The first-order valence-electron chi connectivity index (χ1n) is 6.19. The topological polar surface area (TPSA) is 58.4 Å². The molecule has 4 nitrogen and oxygen atoms in total. The Morgan fingerprint density at radius 2 is 1.90 bits per heavy atom. The summed E-state index contributed by atoms with van der Waals surface area (Å²) < 4.78 is 13.6. The summed E-state index contributed by atoms with van der Waals surface area (Å²) in [4.78, 5) is 13.5. The Bertz CT molecular complexity index is 462. The maximum atomic E-state index is 13.6. The number of benzene rings is 1. The number of rotatable bonds is 5. The Balaban J connectivity index is 0. The lowest BCUT2D eigenvalue weighted by molar-refractivity contribution is -0.125. The van der Waals surface area contributed by atoms with Gasteiger partial charge in [-0.2, -0.15) is 0 Å². The maximum Gasteiger partial charge on any atom is 0.239 e. The summed E-state index contributed by atoms with van der Waals surface area (Å²) in [6.07, 6.45) is 0. The Morgan fingerprint density at radius 3 is 2.38 bits per heavy atom. The summed E-state index contributed by atoms with van der Waals surface area (Å²) in [5.74, 6) is -0.464. The van der Waals surface area contributed by atoms with E-state index in [0.717, 1.165) is 5.56 Å². The third-order valence-electron chi connectivity index (χ3n) is 2.63. The van der Waals surface area contributed by atoms with Crippen molar-refractivity contribution < 1.29 is 9.18 Å². The highest BCUT2D eigenvalue weighted by Gasteiger charge is 2.21. The van der Waals surface area contributed by atoms with Gasteiger partial charge in [-0.1, -0.05) is 6.07 Å². The SMILES string of the molecule is CN(C)Cc1cc(CNC(=O)C(C)(C)N)ccc1F.Cl.Cl. The maximum absolute atomic E-state index is 13.6. The summed E-state index contributed by atoms with van der Waals surface area (Å²) in [5.41, 5.74) is 6.25. The van der Waals surface area contributed by atoms with E-state index >= 15 is 0 Å². The van der Waals surface area contributed by atoms with Crippen LogP contribution in [0, 0.1) is 5.82 Å². The highest BCUT2D eigenvalue weighted by atomic mass is 35.5. The first-order chi connectivity index (χ1) is 8.70. The van der Waals surface area contributed by atoms with E-state index in [1.54, 1.807) is 26.0 Å². The van der Waals surface area contributed by atoms with Gasteiger partial charge in [0.2, 0.25) is 5.91 Å².